The first-order valence-electron chi connectivity index (χ1n) is 6.68. The van der Waals surface area contributed by atoms with E-state index in [9.17, 15) is 0 Å². The summed E-state index contributed by atoms with van der Waals surface area (Å²) in [4.78, 5) is 0. The van der Waals surface area contributed by atoms with Crippen LogP contribution in [0, 0.1) is 0 Å². The van der Waals surface area contributed by atoms with Gasteiger partial charge in [-0.15, -0.1) is 0 Å². The van der Waals surface area contributed by atoms with Crippen LogP contribution in [-0.2, 0) is 13.0 Å². The molecule has 1 N–H and O–H groups in total. The number of hydrogen-bond donors (Lipinski definition) is 1. The van der Waals surface area contributed by atoms with E-state index in [4.69, 9.17) is 4.74 Å². The zero-order valence-electron chi connectivity index (χ0n) is 11.6. The van der Waals surface area contributed by atoms with Gasteiger partial charge >= 0.3 is 0 Å². The molecule has 19 heavy (non-hydrogen) atoms. The lowest BCUT2D eigenvalue weighted by Gasteiger charge is -2.14. The number of hydrogen-bond acceptors (Lipinski definition) is 2. The minimum atomic E-state index is 0.452. The van der Waals surface area contributed by atoms with Gasteiger partial charge in [0.2, 0.25) is 0 Å². The lowest BCUT2D eigenvalue weighted by molar-refractivity contribution is 0.414. The van der Waals surface area contributed by atoms with Crippen molar-refractivity contribution in [1.82, 2.24) is 5.32 Å². The normalized spacial score (nSPS) is 12.1. The molecule has 0 heterocycles. The first-order valence-corrected chi connectivity index (χ1v) is 6.68. The molecule has 1 atom stereocenters. The third-order valence-electron chi connectivity index (χ3n) is 3.20. The monoisotopic (exact) mass is 255 g/mol. The number of benzene rings is 2. The molecule has 2 rings (SSSR count). The Labute approximate surface area is 115 Å². The van der Waals surface area contributed by atoms with Gasteiger partial charge in [0, 0.05) is 12.6 Å². The van der Waals surface area contributed by atoms with Crippen molar-refractivity contribution in [2.45, 2.75) is 25.9 Å². The zero-order valence-corrected chi connectivity index (χ0v) is 11.6. The minimum absolute atomic E-state index is 0.452. The maximum atomic E-state index is 5.16. The Bertz CT molecular complexity index is 478. The Morgan fingerprint density at radius 1 is 0.947 bits per heavy atom. The van der Waals surface area contributed by atoms with Crippen LogP contribution in [0.3, 0.4) is 0 Å². The minimum Gasteiger partial charge on any atom is -0.497 e. The maximum absolute atomic E-state index is 5.16. The Hall–Kier alpha value is -1.80. The highest BCUT2D eigenvalue weighted by atomic mass is 16.5. The van der Waals surface area contributed by atoms with Gasteiger partial charge < -0.3 is 10.1 Å². The average Bonchev–Trinajstić information content (AvgIpc) is 2.47. The molecule has 100 valence electrons. The summed E-state index contributed by atoms with van der Waals surface area (Å²) in [5.74, 6) is 0.911. The summed E-state index contributed by atoms with van der Waals surface area (Å²) < 4.78 is 5.16. The topological polar surface area (TPSA) is 21.3 Å². The molecule has 0 unspecified atom stereocenters. The number of nitrogens with one attached hydrogen (secondary N) is 1. The first-order chi connectivity index (χ1) is 9.28. The van der Waals surface area contributed by atoms with Crippen molar-refractivity contribution in [3.8, 4) is 5.75 Å². The van der Waals surface area contributed by atoms with Crippen molar-refractivity contribution < 1.29 is 4.74 Å². The highest BCUT2D eigenvalue weighted by molar-refractivity contribution is 5.27. The van der Waals surface area contributed by atoms with Crippen LogP contribution >= 0.6 is 0 Å². The second kappa shape index (κ2) is 6.95. The van der Waals surface area contributed by atoms with Crippen LogP contribution in [0.2, 0.25) is 0 Å². The van der Waals surface area contributed by atoms with Gasteiger partial charge in [0.05, 0.1) is 7.11 Å². The molecule has 0 saturated heterocycles. The fraction of sp³-hybridized carbons (Fsp3) is 0.294. The van der Waals surface area contributed by atoms with Crippen molar-refractivity contribution in [3.05, 3.63) is 65.7 Å². The van der Waals surface area contributed by atoms with Gasteiger partial charge in [0.15, 0.2) is 0 Å². The predicted octanol–water partition coefficient (Wildman–Crippen LogP) is 3.42. The van der Waals surface area contributed by atoms with Crippen molar-refractivity contribution in [3.63, 3.8) is 0 Å². The van der Waals surface area contributed by atoms with E-state index < -0.39 is 0 Å². The molecule has 0 aliphatic carbocycles. The first kappa shape index (κ1) is 13.6. The largest absolute Gasteiger partial charge is 0.497 e. The molecule has 2 aromatic carbocycles. The van der Waals surface area contributed by atoms with Crippen molar-refractivity contribution in [1.29, 1.82) is 0 Å². The predicted molar refractivity (Wildman–Crippen MR) is 79.4 cm³/mol. The fourth-order valence-electron chi connectivity index (χ4n) is 2.08. The van der Waals surface area contributed by atoms with Crippen LogP contribution in [0.1, 0.15) is 18.1 Å². The fourth-order valence-corrected chi connectivity index (χ4v) is 2.08. The Morgan fingerprint density at radius 3 is 2.26 bits per heavy atom. The van der Waals surface area contributed by atoms with E-state index >= 15 is 0 Å². The summed E-state index contributed by atoms with van der Waals surface area (Å²) in [5.41, 5.74) is 2.65. The summed E-state index contributed by atoms with van der Waals surface area (Å²) in [6.07, 6.45) is 1.02. The van der Waals surface area contributed by atoms with E-state index in [0.717, 1.165) is 18.7 Å². The highest BCUT2D eigenvalue weighted by Crippen LogP contribution is 2.12. The Kier molecular flexibility index (Phi) is 4.99. The smallest absolute Gasteiger partial charge is 0.118 e. The van der Waals surface area contributed by atoms with E-state index in [1.165, 1.54) is 11.1 Å². The van der Waals surface area contributed by atoms with E-state index in [0.29, 0.717) is 6.04 Å². The molecule has 0 amide bonds. The average molecular weight is 255 g/mol. The number of ether oxygens (including phenoxy) is 1. The van der Waals surface area contributed by atoms with Crippen molar-refractivity contribution in [2.75, 3.05) is 7.11 Å². The van der Waals surface area contributed by atoms with Gasteiger partial charge in [-0.05, 0) is 36.6 Å². The van der Waals surface area contributed by atoms with Crippen molar-refractivity contribution >= 4 is 0 Å². The molecule has 2 heteroatoms. The Balaban J connectivity index is 1.82. The molecule has 0 spiro atoms. The number of methoxy groups -OCH3 is 1. The van der Waals surface area contributed by atoms with Crippen LogP contribution in [0.5, 0.6) is 5.75 Å². The molecule has 0 fully saturated rings. The highest BCUT2D eigenvalue weighted by Gasteiger charge is 2.03. The lowest BCUT2D eigenvalue weighted by Crippen LogP contribution is -2.27. The summed E-state index contributed by atoms with van der Waals surface area (Å²) in [5, 5.41) is 3.54. The van der Waals surface area contributed by atoms with Crippen LogP contribution in [0.4, 0.5) is 0 Å². The van der Waals surface area contributed by atoms with Gasteiger partial charge in [-0.3, -0.25) is 0 Å². The SMILES string of the molecule is COc1ccc(C[C@@H](C)NCc2ccccc2)cc1. The molecular formula is C17H21NO. The molecule has 2 aromatic rings. The lowest BCUT2D eigenvalue weighted by atomic mass is 10.1. The Morgan fingerprint density at radius 2 is 1.63 bits per heavy atom. The van der Waals surface area contributed by atoms with Crippen molar-refractivity contribution in [2.24, 2.45) is 0 Å². The van der Waals surface area contributed by atoms with E-state index in [1.807, 2.05) is 18.2 Å². The molecule has 0 bridgehead atoms. The van der Waals surface area contributed by atoms with E-state index in [-0.39, 0.29) is 0 Å². The van der Waals surface area contributed by atoms with E-state index in [1.54, 1.807) is 7.11 Å². The van der Waals surface area contributed by atoms with Crippen LogP contribution < -0.4 is 10.1 Å². The standard InChI is InChI=1S/C17H21NO/c1-14(18-13-16-6-4-3-5-7-16)12-15-8-10-17(19-2)11-9-15/h3-11,14,18H,12-13H2,1-2H3/t14-/m1/s1. The van der Waals surface area contributed by atoms with Gasteiger partial charge in [-0.25, -0.2) is 0 Å². The third kappa shape index (κ3) is 4.42. The molecule has 0 aliphatic rings. The quantitative estimate of drug-likeness (QED) is 0.854. The van der Waals surface area contributed by atoms with Crippen LogP contribution in [0.15, 0.2) is 54.6 Å². The molecule has 0 radical (unpaired) electrons. The summed E-state index contributed by atoms with van der Waals surface area (Å²) in [7, 11) is 1.69. The molecule has 0 aliphatic heterocycles. The van der Waals surface area contributed by atoms with E-state index in [2.05, 4.69) is 48.6 Å². The van der Waals surface area contributed by atoms with Gasteiger partial charge in [0.1, 0.15) is 5.75 Å². The second-order valence-corrected chi connectivity index (χ2v) is 4.82. The van der Waals surface area contributed by atoms with Gasteiger partial charge in [-0.2, -0.15) is 0 Å². The third-order valence-corrected chi connectivity index (χ3v) is 3.20. The molecule has 0 aromatic heterocycles. The summed E-state index contributed by atoms with van der Waals surface area (Å²) in [6.45, 7) is 3.13. The van der Waals surface area contributed by atoms with Gasteiger partial charge in [-0.1, -0.05) is 42.5 Å². The molecule has 0 saturated carbocycles. The molecular weight excluding hydrogens is 234 g/mol. The molecule has 2 nitrogen and oxygen atoms in total. The number of rotatable bonds is 6. The second-order valence-electron chi connectivity index (χ2n) is 4.82. The summed E-state index contributed by atoms with van der Waals surface area (Å²) >= 11 is 0. The van der Waals surface area contributed by atoms with Gasteiger partial charge in [0.25, 0.3) is 0 Å². The maximum Gasteiger partial charge on any atom is 0.118 e. The van der Waals surface area contributed by atoms with Crippen LogP contribution in [0.25, 0.3) is 0 Å². The van der Waals surface area contributed by atoms with Crippen LogP contribution in [-0.4, -0.2) is 13.2 Å². The zero-order chi connectivity index (χ0) is 13.5. The summed E-state index contributed by atoms with van der Waals surface area (Å²) in [6, 6.07) is 19.2.